The van der Waals surface area contributed by atoms with E-state index in [2.05, 4.69) is 15.3 Å². The number of halogens is 2. The highest BCUT2D eigenvalue weighted by Crippen LogP contribution is 2.23. The van der Waals surface area contributed by atoms with Gasteiger partial charge >= 0.3 is 0 Å². The first kappa shape index (κ1) is 14.7. The van der Waals surface area contributed by atoms with Gasteiger partial charge < -0.3 is 10.1 Å². The number of methoxy groups -OCH3 is 1. The Balaban J connectivity index is 2.45. The molecule has 0 aliphatic carbocycles. The van der Waals surface area contributed by atoms with E-state index in [-0.39, 0.29) is 5.02 Å². The second kappa shape index (κ2) is 6.63. The van der Waals surface area contributed by atoms with Crippen LogP contribution in [-0.4, -0.2) is 23.6 Å². The second-order valence-corrected chi connectivity index (χ2v) is 4.57. The van der Waals surface area contributed by atoms with E-state index in [9.17, 15) is 4.39 Å². The standard InChI is InChI=1S/C14H15ClFN3O/c1-3-17-13-7-10(8-20-2)18-14(19-13)9-4-5-12(16)11(15)6-9/h4-7H,3,8H2,1-2H3,(H,17,18,19). The van der Waals surface area contributed by atoms with Gasteiger partial charge in [0, 0.05) is 25.3 Å². The van der Waals surface area contributed by atoms with Gasteiger partial charge in [-0.2, -0.15) is 0 Å². The highest BCUT2D eigenvalue weighted by molar-refractivity contribution is 6.31. The molecule has 1 aromatic heterocycles. The van der Waals surface area contributed by atoms with Crippen LogP contribution < -0.4 is 5.32 Å². The molecule has 0 unspecified atom stereocenters. The van der Waals surface area contributed by atoms with E-state index in [1.165, 1.54) is 12.1 Å². The van der Waals surface area contributed by atoms with Crippen LogP contribution in [0.3, 0.4) is 0 Å². The number of hydrogen-bond acceptors (Lipinski definition) is 4. The molecule has 0 fully saturated rings. The zero-order valence-corrected chi connectivity index (χ0v) is 12.0. The highest BCUT2D eigenvalue weighted by Gasteiger charge is 2.09. The van der Waals surface area contributed by atoms with Gasteiger partial charge in [0.05, 0.1) is 17.3 Å². The highest BCUT2D eigenvalue weighted by atomic mass is 35.5. The zero-order valence-electron chi connectivity index (χ0n) is 11.3. The van der Waals surface area contributed by atoms with Crippen molar-refractivity contribution in [1.82, 2.24) is 9.97 Å². The van der Waals surface area contributed by atoms with Crippen LogP contribution in [0.5, 0.6) is 0 Å². The van der Waals surface area contributed by atoms with Gasteiger partial charge in [0.2, 0.25) is 0 Å². The van der Waals surface area contributed by atoms with Gasteiger partial charge in [0.1, 0.15) is 11.6 Å². The average molecular weight is 296 g/mol. The van der Waals surface area contributed by atoms with Crippen LogP contribution in [0.2, 0.25) is 5.02 Å². The van der Waals surface area contributed by atoms with E-state index in [1.807, 2.05) is 13.0 Å². The summed E-state index contributed by atoms with van der Waals surface area (Å²) in [6.45, 7) is 3.10. The normalized spacial score (nSPS) is 10.6. The minimum Gasteiger partial charge on any atom is -0.378 e. The molecule has 6 heteroatoms. The molecule has 106 valence electrons. The molecule has 0 aliphatic heterocycles. The van der Waals surface area contributed by atoms with Crippen LogP contribution in [0.4, 0.5) is 10.2 Å². The summed E-state index contributed by atoms with van der Waals surface area (Å²) in [6, 6.07) is 6.24. The van der Waals surface area contributed by atoms with Crippen molar-refractivity contribution in [2.24, 2.45) is 0 Å². The molecule has 0 amide bonds. The summed E-state index contributed by atoms with van der Waals surface area (Å²) in [5, 5.41) is 3.18. The van der Waals surface area contributed by atoms with Crippen molar-refractivity contribution in [3.8, 4) is 11.4 Å². The smallest absolute Gasteiger partial charge is 0.161 e. The Morgan fingerprint density at radius 3 is 2.75 bits per heavy atom. The molecule has 1 aromatic carbocycles. The van der Waals surface area contributed by atoms with Gasteiger partial charge in [-0.1, -0.05) is 11.6 Å². The van der Waals surface area contributed by atoms with Crippen molar-refractivity contribution in [2.75, 3.05) is 19.0 Å². The molecule has 2 rings (SSSR count). The summed E-state index contributed by atoms with van der Waals surface area (Å²) >= 11 is 5.79. The fourth-order valence-corrected chi connectivity index (χ4v) is 1.94. The van der Waals surface area contributed by atoms with Crippen molar-refractivity contribution in [3.05, 3.63) is 40.8 Å². The van der Waals surface area contributed by atoms with Gasteiger partial charge in [0.15, 0.2) is 5.82 Å². The van der Waals surface area contributed by atoms with Crippen molar-refractivity contribution < 1.29 is 9.13 Å². The van der Waals surface area contributed by atoms with E-state index < -0.39 is 5.82 Å². The maximum Gasteiger partial charge on any atom is 0.161 e. The quantitative estimate of drug-likeness (QED) is 0.917. The van der Waals surface area contributed by atoms with E-state index in [1.54, 1.807) is 13.2 Å². The van der Waals surface area contributed by atoms with Gasteiger partial charge in [0.25, 0.3) is 0 Å². The third-order valence-corrected chi connectivity index (χ3v) is 2.90. The Morgan fingerprint density at radius 2 is 2.10 bits per heavy atom. The molecular formula is C14H15ClFN3O. The third-order valence-electron chi connectivity index (χ3n) is 2.61. The van der Waals surface area contributed by atoms with Crippen LogP contribution in [0.1, 0.15) is 12.6 Å². The lowest BCUT2D eigenvalue weighted by molar-refractivity contribution is 0.181. The predicted molar refractivity (Wildman–Crippen MR) is 77.3 cm³/mol. The zero-order chi connectivity index (χ0) is 14.5. The van der Waals surface area contributed by atoms with Crippen molar-refractivity contribution in [1.29, 1.82) is 0 Å². The molecule has 20 heavy (non-hydrogen) atoms. The fourth-order valence-electron chi connectivity index (χ4n) is 1.76. The van der Waals surface area contributed by atoms with Gasteiger partial charge in [-0.05, 0) is 25.1 Å². The summed E-state index contributed by atoms with van der Waals surface area (Å²) in [4.78, 5) is 8.78. The van der Waals surface area contributed by atoms with Crippen molar-refractivity contribution in [2.45, 2.75) is 13.5 Å². The summed E-state index contributed by atoms with van der Waals surface area (Å²) < 4.78 is 18.3. The fraction of sp³-hybridized carbons (Fsp3) is 0.286. The first-order valence-corrected chi connectivity index (χ1v) is 6.58. The Hall–Kier alpha value is -1.72. The van der Waals surface area contributed by atoms with Crippen LogP contribution in [0.15, 0.2) is 24.3 Å². The molecule has 0 spiro atoms. The summed E-state index contributed by atoms with van der Waals surface area (Å²) in [5.74, 6) is 0.720. The molecule has 0 saturated heterocycles. The second-order valence-electron chi connectivity index (χ2n) is 4.16. The number of aromatic nitrogens is 2. The molecule has 1 N–H and O–H groups in total. The molecule has 2 aromatic rings. The lowest BCUT2D eigenvalue weighted by atomic mass is 10.2. The Labute approximate surface area is 122 Å². The molecule has 0 atom stereocenters. The van der Waals surface area contributed by atoms with E-state index in [0.29, 0.717) is 23.8 Å². The minimum absolute atomic E-state index is 0.0493. The number of hydrogen-bond donors (Lipinski definition) is 1. The number of anilines is 1. The number of benzene rings is 1. The number of nitrogens with zero attached hydrogens (tertiary/aromatic N) is 2. The average Bonchev–Trinajstić information content (AvgIpc) is 2.42. The van der Waals surface area contributed by atoms with Gasteiger partial charge in [-0.25, -0.2) is 14.4 Å². The van der Waals surface area contributed by atoms with Crippen molar-refractivity contribution >= 4 is 17.4 Å². The Bertz CT molecular complexity index is 583. The SMILES string of the molecule is CCNc1cc(COC)nc(-c2ccc(F)c(Cl)c2)n1. The van der Waals surface area contributed by atoms with Crippen LogP contribution in [0, 0.1) is 5.82 Å². The first-order chi connectivity index (χ1) is 9.63. The van der Waals surface area contributed by atoms with E-state index >= 15 is 0 Å². The largest absolute Gasteiger partial charge is 0.378 e. The maximum atomic E-state index is 13.2. The lowest BCUT2D eigenvalue weighted by Gasteiger charge is -2.09. The Morgan fingerprint density at radius 1 is 1.30 bits per heavy atom. The number of ether oxygens (including phenoxy) is 1. The first-order valence-electron chi connectivity index (χ1n) is 6.20. The molecule has 0 saturated carbocycles. The maximum absolute atomic E-state index is 13.2. The number of nitrogens with one attached hydrogen (secondary N) is 1. The third kappa shape index (κ3) is 3.43. The van der Waals surface area contributed by atoms with E-state index in [0.717, 1.165) is 12.2 Å². The van der Waals surface area contributed by atoms with Gasteiger partial charge in [-0.15, -0.1) is 0 Å². The summed E-state index contributed by atoms with van der Waals surface area (Å²) in [5.41, 5.74) is 1.41. The molecular weight excluding hydrogens is 281 g/mol. The van der Waals surface area contributed by atoms with E-state index in [4.69, 9.17) is 16.3 Å². The monoisotopic (exact) mass is 295 g/mol. The molecule has 0 aliphatic rings. The Kier molecular flexibility index (Phi) is 4.87. The predicted octanol–water partition coefficient (Wildman–Crippen LogP) is 3.51. The molecule has 1 heterocycles. The lowest BCUT2D eigenvalue weighted by Crippen LogP contribution is -2.04. The molecule has 0 bridgehead atoms. The topological polar surface area (TPSA) is 47.0 Å². The van der Waals surface area contributed by atoms with Crippen molar-refractivity contribution in [3.63, 3.8) is 0 Å². The minimum atomic E-state index is -0.463. The van der Waals surface area contributed by atoms with Crippen LogP contribution in [-0.2, 0) is 11.3 Å². The molecule has 4 nitrogen and oxygen atoms in total. The number of rotatable bonds is 5. The summed E-state index contributed by atoms with van der Waals surface area (Å²) in [6.07, 6.45) is 0. The van der Waals surface area contributed by atoms with Crippen LogP contribution in [0.25, 0.3) is 11.4 Å². The summed E-state index contributed by atoms with van der Waals surface area (Å²) in [7, 11) is 1.60. The van der Waals surface area contributed by atoms with Crippen LogP contribution >= 0.6 is 11.6 Å². The molecule has 0 radical (unpaired) electrons. The van der Waals surface area contributed by atoms with Gasteiger partial charge in [-0.3, -0.25) is 0 Å².